The zero-order chi connectivity index (χ0) is 23.6. The molecule has 1 N–H and O–H groups in total. The fraction of sp³-hybridized carbons (Fsp3) is 0.320. The summed E-state index contributed by atoms with van der Waals surface area (Å²) in [5, 5.41) is 5.51. The Morgan fingerprint density at radius 2 is 1.82 bits per heavy atom. The summed E-state index contributed by atoms with van der Waals surface area (Å²) in [6.07, 6.45) is 0.630. The van der Waals surface area contributed by atoms with E-state index in [0.29, 0.717) is 30.2 Å². The number of aromatic nitrogens is 1. The number of ether oxygens (including phenoxy) is 3. The van der Waals surface area contributed by atoms with Gasteiger partial charge in [-0.2, -0.15) is 0 Å². The van der Waals surface area contributed by atoms with Crippen molar-refractivity contribution >= 4 is 23.2 Å². The van der Waals surface area contributed by atoms with E-state index in [-0.39, 0.29) is 24.8 Å². The van der Waals surface area contributed by atoms with E-state index in [4.69, 9.17) is 14.2 Å². The molecule has 1 amide bonds. The number of carbonyl (C=O) groups is 2. The Kier molecular flexibility index (Phi) is 8.83. The van der Waals surface area contributed by atoms with Crippen LogP contribution in [0.2, 0.25) is 0 Å². The van der Waals surface area contributed by atoms with E-state index in [1.165, 1.54) is 11.3 Å². The number of nitrogens with one attached hydrogen (secondary N) is 1. The lowest BCUT2D eigenvalue weighted by Gasteiger charge is -2.16. The average molecular weight is 469 g/mol. The summed E-state index contributed by atoms with van der Waals surface area (Å²) in [4.78, 5) is 29.5. The number of esters is 1. The van der Waals surface area contributed by atoms with Gasteiger partial charge in [0.05, 0.1) is 38.9 Å². The molecule has 2 aromatic carbocycles. The van der Waals surface area contributed by atoms with Crippen LogP contribution < -0.4 is 14.8 Å². The molecule has 0 aliphatic rings. The molecule has 8 heteroatoms. The third kappa shape index (κ3) is 6.79. The molecule has 7 nitrogen and oxygen atoms in total. The number of hydrogen-bond acceptors (Lipinski definition) is 7. The number of rotatable bonds is 11. The van der Waals surface area contributed by atoms with E-state index in [2.05, 4.69) is 10.3 Å². The highest BCUT2D eigenvalue weighted by Gasteiger charge is 2.21. The quantitative estimate of drug-likeness (QED) is 0.430. The fourth-order valence-corrected chi connectivity index (χ4v) is 4.17. The van der Waals surface area contributed by atoms with Crippen LogP contribution in [0.1, 0.15) is 18.2 Å². The van der Waals surface area contributed by atoms with Crippen molar-refractivity contribution < 1.29 is 23.8 Å². The van der Waals surface area contributed by atoms with Gasteiger partial charge < -0.3 is 19.5 Å². The summed E-state index contributed by atoms with van der Waals surface area (Å²) in [7, 11) is 3.17. The number of amides is 1. The summed E-state index contributed by atoms with van der Waals surface area (Å²) in [5.41, 5.74) is 2.57. The molecule has 1 unspecified atom stereocenters. The van der Waals surface area contributed by atoms with E-state index >= 15 is 0 Å². The number of nitrogens with zero attached hydrogens (tertiary/aromatic N) is 1. The molecule has 0 bridgehead atoms. The molecule has 3 rings (SSSR count). The van der Waals surface area contributed by atoms with Crippen molar-refractivity contribution in [3.05, 3.63) is 65.2 Å². The Morgan fingerprint density at radius 1 is 1.06 bits per heavy atom. The first-order valence-electron chi connectivity index (χ1n) is 10.7. The van der Waals surface area contributed by atoms with Crippen molar-refractivity contribution in [1.82, 2.24) is 10.3 Å². The van der Waals surface area contributed by atoms with Gasteiger partial charge in [0.25, 0.3) is 0 Å². The maximum absolute atomic E-state index is 12.5. The van der Waals surface area contributed by atoms with Crippen LogP contribution in [0.4, 0.5) is 0 Å². The van der Waals surface area contributed by atoms with Crippen LogP contribution in [0.25, 0.3) is 10.6 Å². The summed E-state index contributed by atoms with van der Waals surface area (Å²) >= 11 is 1.45. The zero-order valence-electron chi connectivity index (χ0n) is 19.0. The van der Waals surface area contributed by atoms with Gasteiger partial charge in [-0.3, -0.25) is 9.59 Å². The molecule has 1 aromatic heterocycles. The minimum Gasteiger partial charge on any atom is -0.493 e. The molecule has 0 spiro atoms. The second kappa shape index (κ2) is 12.0. The molecule has 3 aromatic rings. The minimum absolute atomic E-state index is 0.130. The van der Waals surface area contributed by atoms with Gasteiger partial charge in [0, 0.05) is 17.5 Å². The van der Waals surface area contributed by atoms with Crippen molar-refractivity contribution in [3.63, 3.8) is 0 Å². The SMILES string of the molecule is CCOC(=O)C(CNC(=O)Cc1csc(-c2ccc(OC)c(OC)c2)n1)Cc1ccccc1. The molecule has 0 radical (unpaired) electrons. The molecule has 1 heterocycles. The third-order valence-electron chi connectivity index (χ3n) is 5.01. The van der Waals surface area contributed by atoms with Crippen molar-refractivity contribution in [2.24, 2.45) is 5.92 Å². The van der Waals surface area contributed by atoms with Crippen LogP contribution in [-0.2, 0) is 27.2 Å². The second-order valence-electron chi connectivity index (χ2n) is 7.33. The monoisotopic (exact) mass is 468 g/mol. The van der Waals surface area contributed by atoms with Crippen molar-refractivity contribution in [3.8, 4) is 22.1 Å². The van der Waals surface area contributed by atoms with Crippen LogP contribution in [0, 0.1) is 5.92 Å². The zero-order valence-corrected chi connectivity index (χ0v) is 19.8. The van der Waals surface area contributed by atoms with Crippen LogP contribution >= 0.6 is 11.3 Å². The van der Waals surface area contributed by atoms with Crippen LogP contribution in [0.3, 0.4) is 0 Å². The highest BCUT2D eigenvalue weighted by Crippen LogP contribution is 2.33. The number of hydrogen-bond donors (Lipinski definition) is 1. The number of methoxy groups -OCH3 is 2. The lowest BCUT2D eigenvalue weighted by atomic mass is 9.99. The largest absolute Gasteiger partial charge is 0.493 e. The van der Waals surface area contributed by atoms with Gasteiger partial charge >= 0.3 is 5.97 Å². The first-order valence-corrected chi connectivity index (χ1v) is 11.6. The number of thiazole rings is 1. The van der Waals surface area contributed by atoms with Crippen LogP contribution in [0.15, 0.2) is 53.9 Å². The summed E-state index contributed by atoms with van der Waals surface area (Å²) in [5.74, 6) is 0.304. The Balaban J connectivity index is 1.60. The molecular weight excluding hydrogens is 440 g/mol. The molecular formula is C25H28N2O5S. The molecule has 0 aliphatic heterocycles. The van der Waals surface area contributed by atoms with Crippen molar-refractivity contribution in [2.45, 2.75) is 19.8 Å². The predicted molar refractivity (Wildman–Crippen MR) is 128 cm³/mol. The Morgan fingerprint density at radius 3 is 2.52 bits per heavy atom. The third-order valence-corrected chi connectivity index (χ3v) is 5.95. The molecule has 0 saturated heterocycles. The van der Waals surface area contributed by atoms with Crippen molar-refractivity contribution in [2.75, 3.05) is 27.4 Å². The van der Waals surface area contributed by atoms with E-state index in [0.717, 1.165) is 16.1 Å². The van der Waals surface area contributed by atoms with Gasteiger partial charge in [0.2, 0.25) is 5.91 Å². The first kappa shape index (κ1) is 24.3. The van der Waals surface area contributed by atoms with E-state index in [1.807, 2.05) is 53.9 Å². The van der Waals surface area contributed by atoms with Gasteiger partial charge in [-0.1, -0.05) is 30.3 Å². The average Bonchev–Trinajstić information content (AvgIpc) is 3.30. The van der Waals surface area contributed by atoms with Crippen LogP contribution in [0.5, 0.6) is 11.5 Å². The lowest BCUT2D eigenvalue weighted by molar-refractivity contribution is -0.147. The standard InChI is InChI=1S/C25H28N2O5S/c1-4-32-25(29)19(12-17-8-6-5-7-9-17)15-26-23(28)14-20-16-33-24(27-20)18-10-11-21(30-2)22(13-18)31-3/h5-11,13,16,19H,4,12,14-15H2,1-3H3,(H,26,28). The molecule has 33 heavy (non-hydrogen) atoms. The van der Waals surface area contributed by atoms with E-state index in [9.17, 15) is 9.59 Å². The highest BCUT2D eigenvalue weighted by atomic mass is 32.1. The maximum atomic E-state index is 12.5. The molecule has 0 saturated carbocycles. The normalized spacial score (nSPS) is 11.5. The topological polar surface area (TPSA) is 86.8 Å². The highest BCUT2D eigenvalue weighted by molar-refractivity contribution is 7.13. The Bertz CT molecular complexity index is 1070. The van der Waals surface area contributed by atoms with Gasteiger partial charge in [-0.05, 0) is 37.1 Å². The smallest absolute Gasteiger partial charge is 0.311 e. The summed E-state index contributed by atoms with van der Waals surface area (Å²) in [6, 6.07) is 15.3. The minimum atomic E-state index is -0.450. The van der Waals surface area contributed by atoms with E-state index < -0.39 is 5.92 Å². The fourth-order valence-electron chi connectivity index (χ4n) is 3.35. The molecule has 174 valence electrons. The van der Waals surface area contributed by atoms with Crippen LogP contribution in [-0.4, -0.2) is 44.2 Å². The van der Waals surface area contributed by atoms with Gasteiger partial charge in [-0.25, -0.2) is 4.98 Å². The predicted octanol–water partition coefficient (Wildman–Crippen LogP) is 3.91. The van der Waals surface area contributed by atoms with Crippen molar-refractivity contribution in [1.29, 1.82) is 0 Å². The Hall–Kier alpha value is -3.39. The summed E-state index contributed by atoms with van der Waals surface area (Å²) in [6.45, 7) is 2.28. The summed E-state index contributed by atoms with van der Waals surface area (Å²) < 4.78 is 15.8. The number of carbonyl (C=O) groups excluding carboxylic acids is 2. The first-order chi connectivity index (χ1) is 16.0. The second-order valence-corrected chi connectivity index (χ2v) is 8.19. The maximum Gasteiger partial charge on any atom is 0.311 e. The van der Waals surface area contributed by atoms with Gasteiger partial charge in [-0.15, -0.1) is 11.3 Å². The molecule has 0 aliphatic carbocycles. The molecule has 1 atom stereocenters. The van der Waals surface area contributed by atoms with E-state index in [1.54, 1.807) is 21.1 Å². The Labute approximate surface area is 197 Å². The molecule has 0 fully saturated rings. The number of benzene rings is 2. The van der Waals surface area contributed by atoms with Gasteiger partial charge in [0.1, 0.15) is 5.01 Å². The van der Waals surface area contributed by atoms with Gasteiger partial charge in [0.15, 0.2) is 11.5 Å². The lowest BCUT2D eigenvalue weighted by Crippen LogP contribution is -2.35.